The summed E-state index contributed by atoms with van der Waals surface area (Å²) in [6.45, 7) is 6.03. The van der Waals surface area contributed by atoms with Crippen molar-refractivity contribution in [1.82, 2.24) is 14.1 Å². The van der Waals surface area contributed by atoms with Gasteiger partial charge in [0.05, 0.1) is 6.67 Å². The number of rotatable bonds is 3. The molecule has 62 valence electrons. The van der Waals surface area contributed by atoms with E-state index in [0.29, 0.717) is 6.67 Å². The average Bonchev–Trinajstić information content (AvgIpc) is 1.80. The van der Waals surface area contributed by atoms with Crippen LogP contribution in [0.4, 0.5) is 0 Å². The SMILES string of the molecule is CC(C)(C)N([O-])NCNI. The van der Waals surface area contributed by atoms with Crippen molar-refractivity contribution >= 4 is 22.9 Å². The number of nitrogens with one attached hydrogen (secondary N) is 2. The van der Waals surface area contributed by atoms with Crippen molar-refractivity contribution < 1.29 is 0 Å². The van der Waals surface area contributed by atoms with Crippen LogP contribution in [0.3, 0.4) is 0 Å². The maximum Gasteiger partial charge on any atom is 0.0669 e. The fourth-order valence-corrected chi connectivity index (χ4v) is 0.509. The van der Waals surface area contributed by atoms with Crippen molar-refractivity contribution in [2.75, 3.05) is 6.67 Å². The van der Waals surface area contributed by atoms with Crippen molar-refractivity contribution in [3.63, 3.8) is 0 Å². The van der Waals surface area contributed by atoms with Crippen LogP contribution in [0.15, 0.2) is 0 Å². The van der Waals surface area contributed by atoms with Crippen LogP contribution in [-0.2, 0) is 0 Å². The molecule has 0 fully saturated rings. The van der Waals surface area contributed by atoms with Crippen LogP contribution in [-0.4, -0.2) is 17.4 Å². The zero-order chi connectivity index (χ0) is 8.20. The zero-order valence-electron chi connectivity index (χ0n) is 6.44. The van der Waals surface area contributed by atoms with E-state index >= 15 is 0 Å². The molecule has 5 heteroatoms. The van der Waals surface area contributed by atoms with Gasteiger partial charge in [0.15, 0.2) is 0 Å². The van der Waals surface area contributed by atoms with E-state index in [0.717, 1.165) is 5.17 Å². The smallest absolute Gasteiger partial charge is 0.0669 e. The molecule has 0 unspecified atom stereocenters. The number of nitrogens with zero attached hydrogens (tertiary/aromatic N) is 1. The lowest BCUT2D eigenvalue weighted by Crippen LogP contribution is -2.48. The Hall–Kier alpha value is 0.570. The molecule has 0 atom stereocenters. The third-order valence-corrected chi connectivity index (χ3v) is 1.28. The maximum absolute atomic E-state index is 11.0. The molecule has 0 aromatic carbocycles. The molecule has 0 saturated heterocycles. The van der Waals surface area contributed by atoms with E-state index < -0.39 is 0 Å². The summed E-state index contributed by atoms with van der Waals surface area (Å²) in [5.41, 5.74) is 2.26. The Morgan fingerprint density at radius 3 is 2.30 bits per heavy atom. The molecule has 0 aliphatic rings. The number of hydrogen-bond acceptors (Lipinski definition) is 4. The minimum Gasteiger partial charge on any atom is -0.771 e. The van der Waals surface area contributed by atoms with Crippen molar-refractivity contribution in [1.29, 1.82) is 0 Å². The summed E-state index contributed by atoms with van der Waals surface area (Å²) in [7, 11) is 0. The molecule has 10 heavy (non-hydrogen) atoms. The van der Waals surface area contributed by atoms with Gasteiger partial charge in [-0.3, -0.25) is 5.43 Å². The van der Waals surface area contributed by atoms with Crippen LogP contribution < -0.4 is 8.96 Å². The third kappa shape index (κ3) is 4.40. The van der Waals surface area contributed by atoms with E-state index in [9.17, 15) is 5.21 Å². The van der Waals surface area contributed by atoms with Gasteiger partial charge in [-0.25, -0.2) is 3.53 Å². The quantitative estimate of drug-likeness (QED) is 0.343. The van der Waals surface area contributed by atoms with Gasteiger partial charge in [0, 0.05) is 28.4 Å². The van der Waals surface area contributed by atoms with Crippen molar-refractivity contribution in [3.8, 4) is 0 Å². The monoisotopic (exact) mass is 258 g/mol. The summed E-state index contributed by atoms with van der Waals surface area (Å²) in [4.78, 5) is 0. The zero-order valence-corrected chi connectivity index (χ0v) is 8.60. The van der Waals surface area contributed by atoms with Crippen LogP contribution in [0, 0.1) is 5.21 Å². The molecule has 0 aromatic rings. The molecule has 0 aliphatic carbocycles. The van der Waals surface area contributed by atoms with Crippen LogP contribution >= 0.6 is 22.9 Å². The lowest BCUT2D eigenvalue weighted by atomic mass is 10.1. The molecule has 0 saturated carbocycles. The van der Waals surface area contributed by atoms with E-state index in [1.165, 1.54) is 0 Å². The predicted octanol–water partition coefficient (Wildman–Crippen LogP) is 0.986. The number of hydrogen-bond donors (Lipinski definition) is 2. The van der Waals surface area contributed by atoms with Crippen molar-refractivity contribution in [3.05, 3.63) is 5.21 Å². The summed E-state index contributed by atoms with van der Waals surface area (Å²) in [5, 5.41) is 11.8. The van der Waals surface area contributed by atoms with Crippen molar-refractivity contribution in [2.45, 2.75) is 26.3 Å². The van der Waals surface area contributed by atoms with Gasteiger partial charge in [0.1, 0.15) is 0 Å². The topological polar surface area (TPSA) is 50.4 Å². The highest BCUT2D eigenvalue weighted by molar-refractivity contribution is 14.1. The highest BCUT2D eigenvalue weighted by Gasteiger charge is 2.10. The second kappa shape index (κ2) is 4.45. The van der Waals surface area contributed by atoms with Gasteiger partial charge in [0.2, 0.25) is 0 Å². The Morgan fingerprint density at radius 1 is 1.50 bits per heavy atom. The van der Waals surface area contributed by atoms with Gasteiger partial charge in [-0.2, -0.15) is 0 Å². The molecule has 4 nitrogen and oxygen atoms in total. The highest BCUT2D eigenvalue weighted by Crippen LogP contribution is 2.06. The fourth-order valence-electron chi connectivity index (χ4n) is 0.339. The van der Waals surface area contributed by atoms with Crippen molar-refractivity contribution in [2.24, 2.45) is 0 Å². The maximum atomic E-state index is 11.0. The van der Waals surface area contributed by atoms with E-state index in [4.69, 9.17) is 0 Å². The fraction of sp³-hybridized carbons (Fsp3) is 1.00. The lowest BCUT2D eigenvalue weighted by Gasteiger charge is -2.41. The summed E-state index contributed by atoms with van der Waals surface area (Å²) in [5.74, 6) is 0. The largest absolute Gasteiger partial charge is 0.771 e. The minimum absolute atomic E-state index is 0.368. The number of hydroxylamine groups is 1. The first kappa shape index (κ1) is 10.6. The molecular weight excluding hydrogens is 245 g/mol. The molecule has 0 radical (unpaired) electrons. The van der Waals surface area contributed by atoms with Gasteiger partial charge in [-0.1, -0.05) is 0 Å². The van der Waals surface area contributed by atoms with Gasteiger partial charge >= 0.3 is 0 Å². The normalized spacial score (nSPS) is 12.6. The molecular formula is C5H13IN3O-. The standard InChI is InChI=1S/C5H13IN3O/c1-5(2,3)9(10)8-4-7-6/h7-8H,4H2,1-3H3/q-1. The molecule has 2 N–H and O–H groups in total. The molecule has 0 heterocycles. The second-order valence-electron chi connectivity index (χ2n) is 2.93. The molecule has 0 amide bonds. The number of hydrazine groups is 1. The first-order chi connectivity index (χ1) is 4.48. The Bertz CT molecular complexity index is 93.4. The first-order valence-corrected chi connectivity index (χ1v) is 4.10. The Morgan fingerprint density at radius 2 is 2.00 bits per heavy atom. The minimum atomic E-state index is -0.368. The van der Waals surface area contributed by atoms with E-state index in [2.05, 4.69) is 8.96 Å². The molecule has 0 aliphatic heterocycles. The van der Waals surface area contributed by atoms with E-state index in [1.54, 1.807) is 0 Å². The van der Waals surface area contributed by atoms with Crippen LogP contribution in [0.2, 0.25) is 0 Å². The molecule has 0 bridgehead atoms. The summed E-state index contributed by atoms with van der Waals surface area (Å²) in [6, 6.07) is 0. The van der Waals surface area contributed by atoms with Gasteiger partial charge in [-0.05, 0) is 20.8 Å². The molecule has 0 aromatic heterocycles. The molecule has 0 spiro atoms. The Kier molecular flexibility index (Phi) is 4.70. The molecule has 0 rings (SSSR count). The second-order valence-corrected chi connectivity index (χ2v) is 3.70. The third-order valence-electron chi connectivity index (χ3n) is 0.899. The van der Waals surface area contributed by atoms with E-state index in [1.807, 2.05) is 43.6 Å². The Labute approximate surface area is 75.4 Å². The first-order valence-electron chi connectivity index (χ1n) is 3.03. The van der Waals surface area contributed by atoms with Crippen LogP contribution in [0.5, 0.6) is 0 Å². The van der Waals surface area contributed by atoms with Crippen LogP contribution in [0.1, 0.15) is 20.8 Å². The Balaban J connectivity index is 3.52. The van der Waals surface area contributed by atoms with Crippen LogP contribution in [0.25, 0.3) is 0 Å². The predicted molar refractivity (Wildman–Crippen MR) is 50.1 cm³/mol. The average molecular weight is 258 g/mol. The lowest BCUT2D eigenvalue weighted by molar-refractivity contribution is 0.137. The summed E-state index contributed by atoms with van der Waals surface area (Å²) < 4.78 is 2.79. The highest BCUT2D eigenvalue weighted by atomic mass is 127. The number of halogens is 1. The summed E-state index contributed by atoms with van der Waals surface area (Å²) in [6.07, 6.45) is 0. The van der Waals surface area contributed by atoms with Gasteiger partial charge in [-0.15, -0.1) is 0 Å². The summed E-state index contributed by atoms with van der Waals surface area (Å²) >= 11 is 1.97. The van der Waals surface area contributed by atoms with E-state index in [-0.39, 0.29) is 5.54 Å². The van der Waals surface area contributed by atoms with Gasteiger partial charge in [0.25, 0.3) is 0 Å². The van der Waals surface area contributed by atoms with Gasteiger partial charge < -0.3 is 10.4 Å².